The van der Waals surface area contributed by atoms with Crippen molar-refractivity contribution in [3.8, 4) is 0 Å². The number of likely N-dealkylation sites (N-methyl/N-ethyl adjacent to an activating group) is 1. The van der Waals surface area contributed by atoms with E-state index < -0.39 is 0 Å². The Morgan fingerprint density at radius 2 is 1.86 bits per heavy atom. The number of nitrogens with zero attached hydrogens (tertiary/aromatic N) is 4. The first-order valence-electron chi connectivity index (χ1n) is 10.4. The summed E-state index contributed by atoms with van der Waals surface area (Å²) in [6, 6.07) is 6.21. The van der Waals surface area contributed by atoms with E-state index in [1.807, 2.05) is 19.2 Å². The fourth-order valence-corrected chi connectivity index (χ4v) is 4.27. The van der Waals surface area contributed by atoms with Gasteiger partial charge in [-0.2, -0.15) is 0 Å². The van der Waals surface area contributed by atoms with Crippen LogP contribution in [0.1, 0.15) is 25.3 Å². The molecule has 0 bridgehead atoms. The van der Waals surface area contributed by atoms with Gasteiger partial charge in [0.15, 0.2) is 5.96 Å². The van der Waals surface area contributed by atoms with Crippen molar-refractivity contribution >= 4 is 47.2 Å². The molecular weight excluding hydrogens is 501 g/mol. The van der Waals surface area contributed by atoms with E-state index >= 15 is 0 Å². The molecule has 0 atom stereocenters. The summed E-state index contributed by atoms with van der Waals surface area (Å²) < 4.78 is 5.77. The highest BCUT2D eigenvalue weighted by Gasteiger charge is 2.23. The smallest absolute Gasteiger partial charge is 0.193 e. The minimum Gasteiger partial charge on any atom is -0.378 e. The highest BCUT2D eigenvalue weighted by atomic mass is 127. The normalized spacial score (nSPS) is 19.2. The maximum Gasteiger partial charge on any atom is 0.193 e. The molecule has 8 heteroatoms. The second-order valence-corrected chi connectivity index (χ2v) is 7.98. The van der Waals surface area contributed by atoms with Crippen molar-refractivity contribution in [2.45, 2.75) is 32.4 Å². The summed E-state index contributed by atoms with van der Waals surface area (Å²) in [5.74, 6) is 0.944. The quantitative estimate of drug-likeness (QED) is 0.356. The maximum atomic E-state index is 6.60. The Balaban J connectivity index is 0.00000300. The van der Waals surface area contributed by atoms with Crippen LogP contribution in [-0.2, 0) is 11.3 Å². The lowest BCUT2D eigenvalue weighted by molar-refractivity contribution is 0.0263. The molecule has 0 saturated carbocycles. The van der Waals surface area contributed by atoms with Gasteiger partial charge >= 0.3 is 0 Å². The molecule has 1 aromatic rings. The molecule has 2 saturated heterocycles. The number of anilines is 1. The van der Waals surface area contributed by atoms with Crippen molar-refractivity contribution in [2.75, 3.05) is 64.9 Å². The molecule has 0 amide bonds. The largest absolute Gasteiger partial charge is 0.378 e. The van der Waals surface area contributed by atoms with E-state index in [1.54, 1.807) is 0 Å². The van der Waals surface area contributed by atoms with Gasteiger partial charge in [0.05, 0.1) is 6.10 Å². The fraction of sp³-hybridized carbons (Fsp3) is 0.667. The van der Waals surface area contributed by atoms with Crippen LogP contribution in [0.5, 0.6) is 0 Å². The summed E-state index contributed by atoms with van der Waals surface area (Å²) >= 11 is 6.60. The molecular formula is C21H35ClIN5O. The van der Waals surface area contributed by atoms with E-state index in [-0.39, 0.29) is 24.0 Å². The predicted octanol–water partition coefficient (Wildman–Crippen LogP) is 3.29. The average molecular weight is 536 g/mol. The predicted molar refractivity (Wildman–Crippen MR) is 133 cm³/mol. The van der Waals surface area contributed by atoms with E-state index in [2.05, 4.69) is 45.0 Å². The molecule has 0 radical (unpaired) electrons. The van der Waals surface area contributed by atoms with Crippen LogP contribution in [-0.4, -0.2) is 81.8 Å². The standard InChI is InChI=1S/C21H34ClN5O.HI/c1-4-28-17-8-10-27(11-9-17)21(23-2)24-16-18-19(22)6-5-7-20(18)26-14-12-25(3)13-15-26;/h5-7,17H,4,8-16H2,1-3H3,(H,23,24);1H. The number of nitrogens with one attached hydrogen (secondary N) is 1. The van der Waals surface area contributed by atoms with Crippen LogP contribution in [0, 0.1) is 0 Å². The molecule has 0 spiro atoms. The monoisotopic (exact) mass is 535 g/mol. The van der Waals surface area contributed by atoms with Crippen molar-refractivity contribution < 1.29 is 4.74 Å². The number of piperidine rings is 1. The van der Waals surface area contributed by atoms with E-state index in [1.165, 1.54) is 5.69 Å². The molecule has 29 heavy (non-hydrogen) atoms. The van der Waals surface area contributed by atoms with Gasteiger partial charge in [0.2, 0.25) is 0 Å². The van der Waals surface area contributed by atoms with Crippen molar-refractivity contribution in [2.24, 2.45) is 4.99 Å². The van der Waals surface area contributed by atoms with Gasteiger partial charge in [-0.15, -0.1) is 24.0 Å². The Hall–Kier alpha value is -0.770. The first kappa shape index (κ1) is 24.5. The lowest BCUT2D eigenvalue weighted by Gasteiger charge is -2.36. The van der Waals surface area contributed by atoms with E-state index in [0.29, 0.717) is 12.6 Å². The summed E-state index contributed by atoms with van der Waals surface area (Å²) in [6.45, 7) is 9.70. The first-order valence-corrected chi connectivity index (χ1v) is 10.8. The van der Waals surface area contributed by atoms with Gasteiger partial charge in [0.25, 0.3) is 0 Å². The zero-order valence-electron chi connectivity index (χ0n) is 17.9. The fourth-order valence-electron chi connectivity index (χ4n) is 4.04. The lowest BCUT2D eigenvalue weighted by Crippen LogP contribution is -2.47. The highest BCUT2D eigenvalue weighted by molar-refractivity contribution is 14.0. The number of hydrogen-bond donors (Lipinski definition) is 1. The Morgan fingerprint density at radius 1 is 1.17 bits per heavy atom. The average Bonchev–Trinajstić information content (AvgIpc) is 2.71. The van der Waals surface area contributed by atoms with Gasteiger partial charge in [-0.3, -0.25) is 4.99 Å². The van der Waals surface area contributed by atoms with Crippen LogP contribution < -0.4 is 10.2 Å². The van der Waals surface area contributed by atoms with Gasteiger partial charge in [-0.05, 0) is 38.9 Å². The number of hydrogen-bond acceptors (Lipinski definition) is 4. The molecule has 6 nitrogen and oxygen atoms in total. The number of guanidine groups is 1. The summed E-state index contributed by atoms with van der Waals surface area (Å²) in [7, 11) is 4.03. The highest BCUT2D eigenvalue weighted by Crippen LogP contribution is 2.28. The topological polar surface area (TPSA) is 43.3 Å². The number of aliphatic imine (C=N–C) groups is 1. The van der Waals surface area contributed by atoms with E-state index in [4.69, 9.17) is 16.3 Å². The third kappa shape index (κ3) is 6.60. The third-order valence-corrected chi connectivity index (χ3v) is 6.07. The molecule has 0 aliphatic carbocycles. The number of halogens is 2. The molecule has 2 heterocycles. The van der Waals surface area contributed by atoms with Crippen LogP contribution in [0.4, 0.5) is 5.69 Å². The van der Waals surface area contributed by atoms with Crippen LogP contribution in [0.25, 0.3) is 0 Å². The van der Waals surface area contributed by atoms with Crippen LogP contribution in [0.15, 0.2) is 23.2 Å². The molecule has 2 fully saturated rings. The SMILES string of the molecule is CCOC1CCN(C(=NC)NCc2c(Cl)cccc2N2CCN(C)CC2)CC1.I. The zero-order valence-corrected chi connectivity index (χ0v) is 21.0. The summed E-state index contributed by atoms with van der Waals surface area (Å²) in [6.07, 6.45) is 2.48. The molecule has 1 aromatic carbocycles. The zero-order chi connectivity index (χ0) is 19.9. The molecule has 1 N–H and O–H groups in total. The van der Waals surface area contributed by atoms with Crippen molar-refractivity contribution in [3.05, 3.63) is 28.8 Å². The summed E-state index contributed by atoms with van der Waals surface area (Å²) in [4.78, 5) is 11.6. The molecule has 0 unspecified atom stereocenters. The summed E-state index contributed by atoms with van der Waals surface area (Å²) in [5, 5.41) is 4.36. The minimum absolute atomic E-state index is 0. The Morgan fingerprint density at radius 3 is 2.48 bits per heavy atom. The third-order valence-electron chi connectivity index (χ3n) is 5.72. The Bertz CT molecular complexity index is 658. The van der Waals surface area contributed by atoms with Crippen LogP contribution in [0.3, 0.4) is 0 Å². The Kier molecular flexibility index (Phi) is 10.3. The number of likely N-dealkylation sites (tertiary alicyclic amines) is 1. The van der Waals surface area contributed by atoms with Crippen LogP contribution >= 0.6 is 35.6 Å². The second kappa shape index (κ2) is 12.2. The number of rotatable bonds is 5. The van der Waals surface area contributed by atoms with Gasteiger partial charge in [-0.1, -0.05) is 17.7 Å². The molecule has 0 aromatic heterocycles. The molecule has 164 valence electrons. The summed E-state index contributed by atoms with van der Waals surface area (Å²) in [5.41, 5.74) is 2.39. The van der Waals surface area contributed by atoms with Crippen molar-refractivity contribution in [1.29, 1.82) is 0 Å². The second-order valence-electron chi connectivity index (χ2n) is 7.57. The molecule has 2 aliphatic rings. The lowest BCUT2D eigenvalue weighted by atomic mass is 10.1. The number of piperazine rings is 1. The van der Waals surface area contributed by atoms with Gasteiger partial charge < -0.3 is 24.8 Å². The van der Waals surface area contributed by atoms with Crippen molar-refractivity contribution in [3.63, 3.8) is 0 Å². The first-order chi connectivity index (χ1) is 13.6. The Labute approximate surface area is 197 Å². The number of ether oxygens (including phenoxy) is 1. The van der Waals surface area contributed by atoms with Crippen LogP contribution in [0.2, 0.25) is 5.02 Å². The maximum absolute atomic E-state index is 6.60. The van der Waals surface area contributed by atoms with E-state index in [0.717, 1.165) is 75.3 Å². The number of benzene rings is 1. The molecule has 2 aliphatic heterocycles. The van der Waals surface area contributed by atoms with Gasteiger partial charge in [0, 0.05) is 75.7 Å². The molecule has 3 rings (SSSR count). The minimum atomic E-state index is 0. The van der Waals surface area contributed by atoms with Crippen molar-refractivity contribution in [1.82, 2.24) is 15.1 Å². The van der Waals surface area contributed by atoms with Gasteiger partial charge in [0.1, 0.15) is 0 Å². The van der Waals surface area contributed by atoms with Gasteiger partial charge in [-0.25, -0.2) is 0 Å². The van der Waals surface area contributed by atoms with E-state index in [9.17, 15) is 0 Å².